The molecule has 1 fully saturated rings. The lowest BCUT2D eigenvalue weighted by Crippen LogP contribution is -2.45. The van der Waals surface area contributed by atoms with Crippen LogP contribution in [0.3, 0.4) is 0 Å². The summed E-state index contributed by atoms with van der Waals surface area (Å²) < 4.78 is 27.4. The van der Waals surface area contributed by atoms with E-state index in [4.69, 9.17) is 4.74 Å². The van der Waals surface area contributed by atoms with Gasteiger partial charge in [-0.3, -0.25) is 4.79 Å². The molecule has 1 aromatic carbocycles. The Morgan fingerprint density at radius 2 is 1.94 bits per heavy atom. The lowest BCUT2D eigenvalue weighted by Gasteiger charge is -2.26. The Kier molecular flexibility index (Phi) is 3.68. The molecule has 0 radical (unpaired) electrons. The van der Waals surface area contributed by atoms with Crippen LogP contribution < -0.4 is 10.1 Å². The number of Topliss-reactive ketones (excluding diaryl/α,β-unsaturated/α-hetero) is 1. The molecule has 0 aliphatic carbocycles. The molecule has 1 heterocycles. The van der Waals surface area contributed by atoms with Gasteiger partial charge in [-0.05, 0) is 31.3 Å². The second-order valence-electron chi connectivity index (χ2n) is 4.29. The first kappa shape index (κ1) is 13.0. The second-order valence-corrected chi connectivity index (χ2v) is 6.45. The van der Waals surface area contributed by atoms with Gasteiger partial charge in [0.2, 0.25) is 0 Å². The van der Waals surface area contributed by atoms with E-state index >= 15 is 0 Å². The van der Waals surface area contributed by atoms with Crippen molar-refractivity contribution in [3.8, 4) is 5.75 Å². The van der Waals surface area contributed by atoms with Crippen LogP contribution in [0.4, 0.5) is 0 Å². The van der Waals surface area contributed by atoms with E-state index in [0.717, 1.165) is 0 Å². The van der Waals surface area contributed by atoms with Gasteiger partial charge in [-0.15, -0.1) is 0 Å². The maximum Gasteiger partial charge on any atom is 0.176 e. The molecule has 2 rings (SSSR count). The van der Waals surface area contributed by atoms with E-state index in [1.807, 2.05) is 0 Å². The highest BCUT2D eigenvalue weighted by molar-refractivity contribution is 7.92. The number of likely N-dealkylation sites (N-methyl/N-ethyl adjacent to an activating group) is 1. The molecule has 0 spiro atoms. The van der Waals surface area contributed by atoms with E-state index in [2.05, 4.69) is 5.32 Å². The van der Waals surface area contributed by atoms with E-state index in [0.29, 0.717) is 17.9 Å². The van der Waals surface area contributed by atoms with E-state index < -0.39 is 9.84 Å². The van der Waals surface area contributed by atoms with Gasteiger partial charge in [0.15, 0.2) is 15.6 Å². The van der Waals surface area contributed by atoms with Crippen molar-refractivity contribution >= 4 is 15.6 Å². The topological polar surface area (TPSA) is 72.5 Å². The molecule has 1 aliphatic rings. The molecule has 5 nitrogen and oxygen atoms in total. The number of sulfone groups is 1. The van der Waals surface area contributed by atoms with Crippen LogP contribution in [0.25, 0.3) is 0 Å². The molecular formula is C12H15NO4S. The van der Waals surface area contributed by atoms with Crippen molar-refractivity contribution in [1.82, 2.24) is 5.32 Å². The number of hydrogen-bond acceptors (Lipinski definition) is 5. The average molecular weight is 269 g/mol. The Hall–Kier alpha value is -1.40. The zero-order valence-corrected chi connectivity index (χ0v) is 10.9. The predicted octanol–water partition coefficient (Wildman–Crippen LogP) is 0.264. The van der Waals surface area contributed by atoms with Gasteiger partial charge in [0.25, 0.3) is 0 Å². The molecule has 6 heteroatoms. The second kappa shape index (κ2) is 5.07. The third-order valence-electron chi connectivity index (χ3n) is 2.70. The fourth-order valence-corrected chi connectivity index (χ4v) is 2.93. The van der Waals surface area contributed by atoms with Crippen molar-refractivity contribution in [2.24, 2.45) is 0 Å². The molecule has 1 N–H and O–H groups in total. The molecule has 0 bridgehead atoms. The maximum atomic E-state index is 11.5. The number of ether oxygens (including phenoxy) is 1. The van der Waals surface area contributed by atoms with Gasteiger partial charge < -0.3 is 10.1 Å². The van der Waals surface area contributed by atoms with Crippen LogP contribution in [0.15, 0.2) is 24.3 Å². The molecule has 0 amide bonds. The number of benzene rings is 1. The van der Waals surface area contributed by atoms with Crippen molar-refractivity contribution < 1.29 is 17.9 Å². The Morgan fingerprint density at radius 1 is 1.33 bits per heavy atom. The lowest BCUT2D eigenvalue weighted by atomic mass is 10.1. The van der Waals surface area contributed by atoms with Crippen LogP contribution in [-0.4, -0.2) is 45.4 Å². The Labute approximate surface area is 106 Å². The third kappa shape index (κ3) is 3.08. The SMILES string of the molecule is CNCC(=O)c1ccc(OC2CS(=O)(=O)C2)cc1. The summed E-state index contributed by atoms with van der Waals surface area (Å²) >= 11 is 0. The van der Waals surface area contributed by atoms with E-state index in [-0.39, 0.29) is 23.4 Å². The van der Waals surface area contributed by atoms with Gasteiger partial charge in [-0.25, -0.2) is 8.42 Å². The van der Waals surface area contributed by atoms with Crippen LogP contribution in [0.1, 0.15) is 10.4 Å². The summed E-state index contributed by atoms with van der Waals surface area (Å²) in [5.41, 5.74) is 0.609. The fourth-order valence-electron chi connectivity index (χ4n) is 1.76. The summed E-state index contributed by atoms with van der Waals surface area (Å²) in [6.07, 6.45) is -0.256. The zero-order valence-electron chi connectivity index (χ0n) is 10.0. The zero-order chi connectivity index (χ0) is 13.2. The summed E-state index contributed by atoms with van der Waals surface area (Å²) in [5.74, 6) is 0.757. The molecule has 0 saturated carbocycles. The smallest absolute Gasteiger partial charge is 0.176 e. The van der Waals surface area contributed by atoms with Crippen LogP contribution in [-0.2, 0) is 9.84 Å². The van der Waals surface area contributed by atoms with Crippen LogP contribution in [0, 0.1) is 0 Å². The van der Waals surface area contributed by atoms with Crippen LogP contribution in [0.5, 0.6) is 5.75 Å². The third-order valence-corrected chi connectivity index (χ3v) is 4.46. The number of rotatable bonds is 5. The van der Waals surface area contributed by atoms with Gasteiger partial charge in [0.1, 0.15) is 11.9 Å². The largest absolute Gasteiger partial charge is 0.488 e. The fraction of sp³-hybridized carbons (Fsp3) is 0.417. The van der Waals surface area contributed by atoms with E-state index in [9.17, 15) is 13.2 Å². The highest BCUT2D eigenvalue weighted by Crippen LogP contribution is 2.20. The quantitative estimate of drug-likeness (QED) is 0.777. The summed E-state index contributed by atoms with van der Waals surface area (Å²) in [5, 5.41) is 2.79. The van der Waals surface area contributed by atoms with Gasteiger partial charge in [0, 0.05) is 5.56 Å². The van der Waals surface area contributed by atoms with Crippen LogP contribution in [0.2, 0.25) is 0 Å². The predicted molar refractivity (Wildman–Crippen MR) is 67.8 cm³/mol. The molecule has 1 saturated heterocycles. The summed E-state index contributed by atoms with van der Waals surface area (Å²) in [6.45, 7) is 0.293. The monoisotopic (exact) mass is 269 g/mol. The Balaban J connectivity index is 1.94. The normalized spacial score (nSPS) is 18.1. The molecule has 0 atom stereocenters. The Bertz CT molecular complexity index is 524. The van der Waals surface area contributed by atoms with E-state index in [1.54, 1.807) is 31.3 Å². The first-order valence-electron chi connectivity index (χ1n) is 5.65. The summed E-state index contributed by atoms with van der Waals surface area (Å²) in [4.78, 5) is 11.5. The number of ketones is 1. The summed E-state index contributed by atoms with van der Waals surface area (Å²) in [6, 6.07) is 6.74. The lowest BCUT2D eigenvalue weighted by molar-refractivity contribution is 0.0993. The number of hydrogen-bond donors (Lipinski definition) is 1. The molecule has 0 aromatic heterocycles. The van der Waals surface area contributed by atoms with Crippen molar-refractivity contribution in [2.45, 2.75) is 6.10 Å². The van der Waals surface area contributed by atoms with Crippen molar-refractivity contribution in [1.29, 1.82) is 0 Å². The Morgan fingerprint density at radius 3 is 2.44 bits per heavy atom. The highest BCUT2D eigenvalue weighted by Gasteiger charge is 2.35. The van der Waals surface area contributed by atoms with Crippen molar-refractivity contribution in [2.75, 3.05) is 25.1 Å². The minimum absolute atomic E-state index is 0.00951. The molecule has 1 aromatic rings. The maximum absolute atomic E-state index is 11.5. The summed E-state index contributed by atoms with van der Waals surface area (Å²) in [7, 11) is -1.15. The molecule has 18 heavy (non-hydrogen) atoms. The van der Waals surface area contributed by atoms with Gasteiger partial charge in [-0.1, -0.05) is 0 Å². The highest BCUT2D eigenvalue weighted by atomic mass is 32.2. The average Bonchev–Trinajstić information content (AvgIpc) is 2.28. The van der Waals surface area contributed by atoms with Gasteiger partial charge >= 0.3 is 0 Å². The molecule has 0 unspecified atom stereocenters. The van der Waals surface area contributed by atoms with Crippen molar-refractivity contribution in [3.63, 3.8) is 0 Å². The number of carbonyl (C=O) groups excluding carboxylic acids is 1. The minimum Gasteiger partial charge on any atom is -0.488 e. The first-order valence-corrected chi connectivity index (χ1v) is 7.47. The number of nitrogens with one attached hydrogen (secondary N) is 1. The number of carbonyl (C=O) groups is 1. The minimum atomic E-state index is -2.87. The molecule has 1 aliphatic heterocycles. The van der Waals surface area contributed by atoms with Crippen molar-refractivity contribution in [3.05, 3.63) is 29.8 Å². The molecule has 98 valence electrons. The first-order chi connectivity index (χ1) is 8.50. The molecular weight excluding hydrogens is 254 g/mol. The van der Waals surface area contributed by atoms with Gasteiger partial charge in [-0.2, -0.15) is 0 Å². The van der Waals surface area contributed by atoms with E-state index in [1.165, 1.54) is 0 Å². The standard InChI is InChI=1S/C12H15NO4S/c1-13-6-12(14)9-2-4-10(5-3-9)17-11-7-18(15,16)8-11/h2-5,11,13H,6-8H2,1H3. The van der Waals surface area contributed by atoms with Gasteiger partial charge in [0.05, 0.1) is 18.1 Å². The van der Waals surface area contributed by atoms with Crippen LogP contribution >= 0.6 is 0 Å².